The average molecular weight is 413 g/mol. The molecule has 0 fully saturated rings. The third-order valence-corrected chi connectivity index (χ3v) is 5.90. The summed E-state index contributed by atoms with van der Waals surface area (Å²) in [6, 6.07) is 4.83. The number of nitriles is 2. The zero-order valence-corrected chi connectivity index (χ0v) is 19.0. The van der Waals surface area contributed by atoms with E-state index in [1.807, 2.05) is 0 Å². The molecule has 0 aromatic rings. The molecule has 0 bridgehead atoms. The summed E-state index contributed by atoms with van der Waals surface area (Å²) in [5.41, 5.74) is 0. The predicted molar refractivity (Wildman–Crippen MR) is 121 cm³/mol. The minimum absolute atomic E-state index is 0.0600. The van der Waals surface area contributed by atoms with Crippen LogP contribution in [0.25, 0.3) is 0 Å². The lowest BCUT2D eigenvalue weighted by Gasteiger charge is -2.30. The van der Waals surface area contributed by atoms with E-state index in [0.717, 1.165) is 64.2 Å². The molecule has 0 aromatic heterocycles. The number of esters is 1. The second kappa shape index (κ2) is 16.7. The van der Waals surface area contributed by atoms with Gasteiger partial charge in [0, 0.05) is 12.3 Å². The molecule has 1 rings (SSSR count). The summed E-state index contributed by atoms with van der Waals surface area (Å²) in [4.78, 5) is 11.6. The quantitative estimate of drug-likeness (QED) is 0.167. The Morgan fingerprint density at radius 3 is 2.33 bits per heavy atom. The van der Waals surface area contributed by atoms with Crippen molar-refractivity contribution >= 4 is 5.97 Å². The Kier molecular flexibility index (Phi) is 14.5. The van der Waals surface area contributed by atoms with Gasteiger partial charge in [-0.2, -0.15) is 10.5 Å². The molecule has 4 unspecified atom stereocenters. The molecule has 0 amide bonds. The van der Waals surface area contributed by atoms with Crippen LogP contribution in [0.15, 0.2) is 24.3 Å². The fourth-order valence-corrected chi connectivity index (χ4v) is 3.98. The summed E-state index contributed by atoms with van der Waals surface area (Å²) in [6.07, 6.45) is 20.6. The van der Waals surface area contributed by atoms with Gasteiger partial charge in [-0.25, -0.2) is 0 Å². The number of hydrogen-bond acceptors (Lipinski definition) is 4. The molecule has 0 saturated carbocycles. The number of allylic oxidation sites excluding steroid dienone is 4. The van der Waals surface area contributed by atoms with Crippen LogP contribution in [-0.2, 0) is 9.53 Å². The van der Waals surface area contributed by atoms with Gasteiger partial charge < -0.3 is 4.74 Å². The predicted octanol–water partition coefficient (Wildman–Crippen LogP) is 6.89. The van der Waals surface area contributed by atoms with E-state index in [-0.39, 0.29) is 29.6 Å². The Morgan fingerprint density at radius 1 is 0.933 bits per heavy atom. The van der Waals surface area contributed by atoms with Gasteiger partial charge in [-0.1, -0.05) is 83.1 Å². The van der Waals surface area contributed by atoms with E-state index in [1.165, 1.54) is 6.42 Å². The highest BCUT2D eigenvalue weighted by Crippen LogP contribution is 2.37. The highest BCUT2D eigenvalue weighted by Gasteiger charge is 2.35. The molecule has 0 heterocycles. The molecular weight excluding hydrogens is 372 g/mol. The van der Waals surface area contributed by atoms with Crippen LogP contribution in [0.3, 0.4) is 0 Å². The topological polar surface area (TPSA) is 73.9 Å². The van der Waals surface area contributed by atoms with Gasteiger partial charge in [0.2, 0.25) is 0 Å². The molecular formula is C26H40N2O2. The first kappa shape index (κ1) is 26.0. The van der Waals surface area contributed by atoms with E-state index in [4.69, 9.17) is 4.74 Å². The van der Waals surface area contributed by atoms with Gasteiger partial charge in [-0.3, -0.25) is 4.79 Å². The lowest BCUT2D eigenvalue weighted by Crippen LogP contribution is -2.29. The van der Waals surface area contributed by atoms with Crippen molar-refractivity contribution in [3.05, 3.63) is 24.3 Å². The molecule has 0 radical (unpaired) electrons. The number of nitrogens with zero attached hydrogens (tertiary/aromatic N) is 2. The van der Waals surface area contributed by atoms with E-state index < -0.39 is 0 Å². The molecule has 0 aromatic carbocycles. The molecule has 4 nitrogen and oxygen atoms in total. The highest BCUT2D eigenvalue weighted by atomic mass is 16.5. The molecule has 4 heteroatoms. The molecule has 0 aliphatic heterocycles. The fourth-order valence-electron chi connectivity index (χ4n) is 3.98. The zero-order chi connectivity index (χ0) is 22.0. The van der Waals surface area contributed by atoms with E-state index in [0.29, 0.717) is 13.0 Å². The molecule has 0 spiro atoms. The van der Waals surface area contributed by atoms with Crippen LogP contribution < -0.4 is 0 Å². The summed E-state index contributed by atoms with van der Waals surface area (Å²) in [5.74, 6) is -0.313. The summed E-state index contributed by atoms with van der Waals surface area (Å²) in [6.45, 7) is 4.80. The molecule has 1 aliphatic rings. The van der Waals surface area contributed by atoms with Crippen molar-refractivity contribution in [2.75, 3.05) is 6.61 Å². The third kappa shape index (κ3) is 10.1. The van der Waals surface area contributed by atoms with Crippen molar-refractivity contribution < 1.29 is 9.53 Å². The van der Waals surface area contributed by atoms with Gasteiger partial charge >= 0.3 is 5.97 Å². The lowest BCUT2D eigenvalue weighted by molar-refractivity contribution is -0.143. The minimum Gasteiger partial charge on any atom is -0.466 e. The van der Waals surface area contributed by atoms with Crippen LogP contribution in [0.4, 0.5) is 0 Å². The van der Waals surface area contributed by atoms with Crippen LogP contribution in [0, 0.1) is 46.3 Å². The monoisotopic (exact) mass is 412 g/mol. The summed E-state index contributed by atoms with van der Waals surface area (Å²) in [5, 5.41) is 19.3. The molecule has 0 saturated heterocycles. The van der Waals surface area contributed by atoms with Crippen LogP contribution in [0.2, 0.25) is 0 Å². The number of ether oxygens (including phenoxy) is 1. The Hall–Kier alpha value is -2.07. The summed E-state index contributed by atoms with van der Waals surface area (Å²) in [7, 11) is 0. The normalized spacial score (nSPS) is 23.2. The second-order valence-corrected chi connectivity index (χ2v) is 8.39. The van der Waals surface area contributed by atoms with E-state index >= 15 is 0 Å². The summed E-state index contributed by atoms with van der Waals surface area (Å²) >= 11 is 0. The van der Waals surface area contributed by atoms with Crippen molar-refractivity contribution in [3.8, 4) is 12.1 Å². The van der Waals surface area contributed by atoms with Gasteiger partial charge in [0.1, 0.15) is 0 Å². The maximum absolute atomic E-state index is 11.6. The Bertz CT molecular complexity index is 612. The Morgan fingerprint density at radius 2 is 1.63 bits per heavy atom. The third-order valence-electron chi connectivity index (χ3n) is 5.90. The maximum Gasteiger partial charge on any atom is 0.305 e. The fraction of sp³-hybridized carbons (Fsp3) is 0.731. The number of hydrogen-bond donors (Lipinski definition) is 0. The Balaban J connectivity index is 2.31. The number of unbranched alkanes of at least 4 members (excludes halogenated alkanes) is 7. The largest absolute Gasteiger partial charge is 0.466 e. The highest BCUT2D eigenvalue weighted by molar-refractivity contribution is 5.69. The average Bonchev–Trinajstić information content (AvgIpc) is 2.76. The number of carbonyl (C=O) groups is 1. The lowest BCUT2D eigenvalue weighted by atomic mass is 9.70. The van der Waals surface area contributed by atoms with Crippen LogP contribution in [0.1, 0.15) is 90.9 Å². The van der Waals surface area contributed by atoms with Crippen molar-refractivity contribution in [3.63, 3.8) is 0 Å². The molecule has 1 aliphatic carbocycles. The van der Waals surface area contributed by atoms with Crippen LogP contribution in [-0.4, -0.2) is 12.6 Å². The van der Waals surface area contributed by atoms with E-state index in [1.54, 1.807) is 0 Å². The van der Waals surface area contributed by atoms with Gasteiger partial charge in [0.05, 0.1) is 30.6 Å². The van der Waals surface area contributed by atoms with Crippen LogP contribution >= 0.6 is 0 Å². The Labute approximate surface area is 184 Å². The van der Waals surface area contributed by atoms with Gasteiger partial charge in [-0.05, 0) is 31.6 Å². The standard InChI is InChI=1S/C26H40N2O2/c1-3-5-7-11-14-22-17-18-23(25(21-28)24(22)20-27)15-12-9-8-10-13-16-26(29)30-19-6-4-2/h11,14,17-18,22-25H,3-10,12-13,15-16,19H2,1-2H3. The van der Waals surface area contributed by atoms with Crippen molar-refractivity contribution in [1.82, 2.24) is 0 Å². The smallest absolute Gasteiger partial charge is 0.305 e. The second-order valence-electron chi connectivity index (χ2n) is 8.39. The molecule has 30 heavy (non-hydrogen) atoms. The zero-order valence-electron chi connectivity index (χ0n) is 19.0. The SMILES string of the molecule is CCCCC=CC1C=CC(CCCCCCCC(=O)OCCCC)C(C#N)C1C#N. The first-order valence-corrected chi connectivity index (χ1v) is 12.0. The van der Waals surface area contributed by atoms with Crippen LogP contribution in [0.5, 0.6) is 0 Å². The minimum atomic E-state index is -0.249. The number of carbonyl (C=O) groups excluding carboxylic acids is 1. The van der Waals surface area contributed by atoms with E-state index in [9.17, 15) is 15.3 Å². The van der Waals surface area contributed by atoms with Crippen molar-refractivity contribution in [2.45, 2.75) is 90.9 Å². The van der Waals surface area contributed by atoms with Gasteiger partial charge in [-0.15, -0.1) is 0 Å². The van der Waals surface area contributed by atoms with Gasteiger partial charge in [0.15, 0.2) is 0 Å². The van der Waals surface area contributed by atoms with Crippen molar-refractivity contribution in [1.29, 1.82) is 10.5 Å². The number of rotatable bonds is 15. The van der Waals surface area contributed by atoms with Crippen molar-refractivity contribution in [2.24, 2.45) is 23.7 Å². The van der Waals surface area contributed by atoms with E-state index in [2.05, 4.69) is 50.3 Å². The van der Waals surface area contributed by atoms with Gasteiger partial charge in [0.25, 0.3) is 0 Å². The first-order valence-electron chi connectivity index (χ1n) is 12.0. The maximum atomic E-state index is 11.6. The first-order chi connectivity index (χ1) is 14.7. The summed E-state index contributed by atoms with van der Waals surface area (Å²) < 4.78 is 5.17. The molecule has 0 N–H and O–H groups in total. The molecule has 4 atom stereocenters. The molecule has 166 valence electrons.